The van der Waals surface area contributed by atoms with Crippen molar-refractivity contribution < 1.29 is 9.59 Å². The smallest absolute Gasteiger partial charge is 0.274 e. The predicted molar refractivity (Wildman–Crippen MR) is 112 cm³/mol. The van der Waals surface area contributed by atoms with E-state index in [1.54, 1.807) is 42.6 Å². The summed E-state index contributed by atoms with van der Waals surface area (Å²) in [4.78, 5) is 27.8. The highest BCUT2D eigenvalue weighted by Crippen LogP contribution is 2.22. The molecule has 0 aliphatic carbocycles. The van der Waals surface area contributed by atoms with Gasteiger partial charge in [0, 0.05) is 29.0 Å². The van der Waals surface area contributed by atoms with Crippen LogP contribution in [0, 0.1) is 6.92 Å². The van der Waals surface area contributed by atoms with Gasteiger partial charge in [-0.3, -0.25) is 9.59 Å². The zero-order valence-electron chi connectivity index (χ0n) is 15.4. The van der Waals surface area contributed by atoms with Gasteiger partial charge in [-0.1, -0.05) is 17.7 Å². The second-order valence-corrected chi connectivity index (χ2v) is 6.67. The molecule has 0 spiro atoms. The lowest BCUT2D eigenvalue weighted by atomic mass is 10.2. The van der Waals surface area contributed by atoms with Gasteiger partial charge in [0.2, 0.25) is 5.91 Å². The first-order valence-corrected chi connectivity index (χ1v) is 8.97. The quantitative estimate of drug-likeness (QED) is 0.568. The number of halogens is 1. The standard InChI is InChI=1S/C21H19ClN4O2/c1-13-10-15(22)6-8-19(13)26-21(28)20-9-7-18(12-23-20)25-17-5-3-4-16(11-17)24-14(2)27/h3-12,25H,1-2H3,(H,24,27)(H,26,28). The van der Waals surface area contributed by atoms with Gasteiger partial charge in [0.1, 0.15) is 5.69 Å². The number of hydrogen-bond donors (Lipinski definition) is 3. The van der Waals surface area contributed by atoms with Crippen molar-refractivity contribution in [3.8, 4) is 0 Å². The van der Waals surface area contributed by atoms with Gasteiger partial charge in [-0.25, -0.2) is 4.98 Å². The SMILES string of the molecule is CC(=O)Nc1cccc(Nc2ccc(C(=O)Nc3ccc(Cl)cc3C)nc2)c1. The number of pyridine rings is 1. The largest absolute Gasteiger partial charge is 0.354 e. The van der Waals surface area contributed by atoms with Crippen molar-refractivity contribution in [2.45, 2.75) is 13.8 Å². The summed E-state index contributed by atoms with van der Waals surface area (Å²) < 4.78 is 0. The molecule has 1 aromatic heterocycles. The lowest BCUT2D eigenvalue weighted by molar-refractivity contribution is -0.114. The highest BCUT2D eigenvalue weighted by atomic mass is 35.5. The average Bonchev–Trinajstić information content (AvgIpc) is 2.64. The lowest BCUT2D eigenvalue weighted by Gasteiger charge is -2.10. The molecular weight excluding hydrogens is 376 g/mol. The third kappa shape index (κ3) is 5.08. The number of nitrogens with zero attached hydrogens (tertiary/aromatic N) is 1. The van der Waals surface area contributed by atoms with E-state index >= 15 is 0 Å². The maximum atomic E-state index is 12.4. The number of amides is 2. The van der Waals surface area contributed by atoms with Crippen LogP contribution in [0.25, 0.3) is 0 Å². The Balaban J connectivity index is 1.67. The Morgan fingerprint density at radius 3 is 2.39 bits per heavy atom. The summed E-state index contributed by atoms with van der Waals surface area (Å²) in [5, 5.41) is 9.36. The number of aromatic nitrogens is 1. The molecule has 0 atom stereocenters. The molecule has 7 heteroatoms. The molecular formula is C21H19ClN4O2. The molecule has 1 heterocycles. The summed E-state index contributed by atoms with van der Waals surface area (Å²) in [7, 11) is 0. The van der Waals surface area contributed by atoms with Crippen LogP contribution in [0.4, 0.5) is 22.7 Å². The monoisotopic (exact) mass is 394 g/mol. The normalized spacial score (nSPS) is 10.2. The van der Waals surface area contributed by atoms with Crippen molar-refractivity contribution in [3.05, 3.63) is 77.1 Å². The summed E-state index contributed by atoms with van der Waals surface area (Å²) in [5.74, 6) is -0.435. The maximum absolute atomic E-state index is 12.4. The molecule has 2 amide bonds. The zero-order chi connectivity index (χ0) is 20.1. The van der Waals surface area contributed by atoms with Crippen molar-refractivity contribution in [3.63, 3.8) is 0 Å². The Hall–Kier alpha value is -3.38. The summed E-state index contributed by atoms with van der Waals surface area (Å²) in [5.41, 5.74) is 4.07. The van der Waals surface area contributed by atoms with E-state index in [4.69, 9.17) is 11.6 Å². The number of hydrogen-bond acceptors (Lipinski definition) is 4. The minimum atomic E-state index is -0.301. The first kappa shape index (κ1) is 19.4. The molecule has 0 saturated carbocycles. The molecule has 0 bridgehead atoms. The van der Waals surface area contributed by atoms with Gasteiger partial charge in [-0.2, -0.15) is 0 Å². The Kier molecular flexibility index (Phi) is 5.91. The van der Waals surface area contributed by atoms with Crippen LogP contribution in [-0.2, 0) is 4.79 Å². The highest BCUT2D eigenvalue weighted by Gasteiger charge is 2.09. The molecule has 2 aromatic carbocycles. The van der Waals surface area contributed by atoms with Gasteiger partial charge in [0.15, 0.2) is 0 Å². The number of nitrogens with one attached hydrogen (secondary N) is 3. The van der Waals surface area contributed by atoms with Crippen LogP contribution >= 0.6 is 11.6 Å². The van der Waals surface area contributed by atoms with E-state index in [-0.39, 0.29) is 11.8 Å². The Morgan fingerprint density at radius 2 is 1.71 bits per heavy atom. The molecule has 3 aromatic rings. The van der Waals surface area contributed by atoms with E-state index in [0.717, 1.165) is 16.9 Å². The average molecular weight is 395 g/mol. The van der Waals surface area contributed by atoms with E-state index in [0.29, 0.717) is 22.1 Å². The van der Waals surface area contributed by atoms with E-state index in [2.05, 4.69) is 20.9 Å². The fourth-order valence-electron chi connectivity index (χ4n) is 2.60. The Morgan fingerprint density at radius 1 is 0.929 bits per heavy atom. The van der Waals surface area contributed by atoms with Crippen molar-refractivity contribution in [1.29, 1.82) is 0 Å². The van der Waals surface area contributed by atoms with Crippen LogP contribution in [0.1, 0.15) is 23.0 Å². The van der Waals surface area contributed by atoms with Crippen LogP contribution in [0.2, 0.25) is 5.02 Å². The van der Waals surface area contributed by atoms with E-state index in [1.165, 1.54) is 6.92 Å². The number of rotatable bonds is 5. The molecule has 0 aliphatic rings. The minimum absolute atomic E-state index is 0.134. The van der Waals surface area contributed by atoms with Crippen LogP contribution < -0.4 is 16.0 Å². The third-order valence-corrected chi connectivity index (χ3v) is 4.14. The summed E-state index contributed by atoms with van der Waals surface area (Å²) in [6, 6.07) is 16.0. The fraction of sp³-hybridized carbons (Fsp3) is 0.0952. The first-order chi connectivity index (χ1) is 13.4. The Labute approximate surface area is 168 Å². The molecule has 0 fully saturated rings. The van der Waals surface area contributed by atoms with Crippen LogP contribution in [0.15, 0.2) is 60.8 Å². The van der Waals surface area contributed by atoms with Gasteiger partial charge < -0.3 is 16.0 Å². The predicted octanol–water partition coefficient (Wildman–Crippen LogP) is 5.00. The topological polar surface area (TPSA) is 83.1 Å². The fourth-order valence-corrected chi connectivity index (χ4v) is 2.83. The van der Waals surface area contributed by atoms with E-state index in [9.17, 15) is 9.59 Å². The number of carbonyl (C=O) groups is 2. The van der Waals surface area contributed by atoms with Crippen molar-refractivity contribution in [1.82, 2.24) is 4.98 Å². The second-order valence-electron chi connectivity index (χ2n) is 6.23. The van der Waals surface area contributed by atoms with Crippen molar-refractivity contribution >= 4 is 46.2 Å². The van der Waals surface area contributed by atoms with Gasteiger partial charge >= 0.3 is 0 Å². The minimum Gasteiger partial charge on any atom is -0.354 e. The van der Waals surface area contributed by atoms with Crippen LogP contribution in [-0.4, -0.2) is 16.8 Å². The molecule has 28 heavy (non-hydrogen) atoms. The van der Waals surface area contributed by atoms with Gasteiger partial charge in [0.25, 0.3) is 5.91 Å². The molecule has 0 saturated heterocycles. The first-order valence-electron chi connectivity index (χ1n) is 8.59. The number of carbonyl (C=O) groups excluding carboxylic acids is 2. The number of anilines is 4. The molecule has 6 nitrogen and oxygen atoms in total. The maximum Gasteiger partial charge on any atom is 0.274 e. The molecule has 142 valence electrons. The molecule has 0 unspecified atom stereocenters. The number of aryl methyl sites for hydroxylation is 1. The lowest BCUT2D eigenvalue weighted by Crippen LogP contribution is -2.14. The third-order valence-electron chi connectivity index (χ3n) is 3.90. The molecule has 3 N–H and O–H groups in total. The van der Waals surface area contributed by atoms with E-state index < -0.39 is 0 Å². The van der Waals surface area contributed by atoms with Crippen LogP contribution in [0.5, 0.6) is 0 Å². The van der Waals surface area contributed by atoms with Gasteiger partial charge in [-0.05, 0) is 61.0 Å². The van der Waals surface area contributed by atoms with Gasteiger partial charge in [0.05, 0.1) is 11.9 Å². The van der Waals surface area contributed by atoms with E-state index in [1.807, 2.05) is 25.1 Å². The summed E-state index contributed by atoms with van der Waals surface area (Å²) in [6.45, 7) is 3.33. The second kappa shape index (κ2) is 8.54. The van der Waals surface area contributed by atoms with Gasteiger partial charge in [-0.15, -0.1) is 0 Å². The van der Waals surface area contributed by atoms with Crippen LogP contribution in [0.3, 0.4) is 0 Å². The molecule has 0 radical (unpaired) electrons. The number of benzene rings is 2. The molecule has 3 rings (SSSR count). The summed E-state index contributed by atoms with van der Waals surface area (Å²) >= 11 is 5.94. The van der Waals surface area contributed by atoms with Crippen molar-refractivity contribution in [2.75, 3.05) is 16.0 Å². The zero-order valence-corrected chi connectivity index (χ0v) is 16.2. The summed E-state index contributed by atoms with van der Waals surface area (Å²) in [6.07, 6.45) is 1.58. The highest BCUT2D eigenvalue weighted by molar-refractivity contribution is 6.30. The Bertz CT molecular complexity index is 1020. The molecule has 0 aliphatic heterocycles. The van der Waals surface area contributed by atoms with Crippen molar-refractivity contribution in [2.24, 2.45) is 0 Å².